The molecule has 0 spiro atoms. The molecule has 2 heteroatoms. The molecular formula is C16H17NO. The first kappa shape index (κ1) is 11.5. The monoisotopic (exact) mass is 239 g/mol. The van der Waals surface area contributed by atoms with Gasteiger partial charge in [-0.1, -0.05) is 54.6 Å². The molecule has 1 unspecified atom stereocenters. The Bertz CT molecular complexity index is 504. The highest BCUT2D eigenvalue weighted by Crippen LogP contribution is 2.30. The third kappa shape index (κ3) is 2.30. The van der Waals surface area contributed by atoms with Crippen molar-refractivity contribution >= 4 is 0 Å². The van der Waals surface area contributed by atoms with E-state index in [1.165, 1.54) is 16.7 Å². The number of morpholine rings is 1. The van der Waals surface area contributed by atoms with Crippen molar-refractivity contribution < 1.29 is 4.74 Å². The number of rotatable bonds is 2. The number of benzene rings is 2. The van der Waals surface area contributed by atoms with Gasteiger partial charge in [0.15, 0.2) is 0 Å². The van der Waals surface area contributed by atoms with Gasteiger partial charge in [0.1, 0.15) is 0 Å². The van der Waals surface area contributed by atoms with Crippen LogP contribution in [0.2, 0.25) is 0 Å². The lowest BCUT2D eigenvalue weighted by Gasteiger charge is -2.26. The normalized spacial score (nSPS) is 19.7. The van der Waals surface area contributed by atoms with E-state index in [4.69, 9.17) is 4.74 Å². The second-order valence-corrected chi connectivity index (χ2v) is 4.52. The topological polar surface area (TPSA) is 21.3 Å². The molecule has 2 nitrogen and oxygen atoms in total. The van der Waals surface area contributed by atoms with Gasteiger partial charge >= 0.3 is 0 Å². The van der Waals surface area contributed by atoms with E-state index in [-0.39, 0.29) is 6.10 Å². The van der Waals surface area contributed by atoms with Crippen molar-refractivity contribution in [1.82, 2.24) is 5.32 Å². The van der Waals surface area contributed by atoms with E-state index in [1.54, 1.807) is 0 Å². The van der Waals surface area contributed by atoms with Gasteiger partial charge in [-0.2, -0.15) is 0 Å². The second kappa shape index (κ2) is 5.34. The van der Waals surface area contributed by atoms with Crippen molar-refractivity contribution in [1.29, 1.82) is 0 Å². The predicted octanol–water partition coefficient (Wildman–Crippen LogP) is 3.01. The average molecular weight is 239 g/mol. The summed E-state index contributed by atoms with van der Waals surface area (Å²) in [6, 6.07) is 19.0. The fraction of sp³-hybridized carbons (Fsp3) is 0.250. The van der Waals surface area contributed by atoms with Crippen molar-refractivity contribution in [3.63, 3.8) is 0 Å². The van der Waals surface area contributed by atoms with Gasteiger partial charge < -0.3 is 10.1 Å². The molecule has 0 saturated carbocycles. The summed E-state index contributed by atoms with van der Waals surface area (Å²) in [5.41, 5.74) is 3.80. The molecule has 1 fully saturated rings. The van der Waals surface area contributed by atoms with Gasteiger partial charge in [0.05, 0.1) is 12.7 Å². The van der Waals surface area contributed by atoms with Crippen molar-refractivity contribution in [2.45, 2.75) is 6.10 Å². The zero-order chi connectivity index (χ0) is 12.2. The first-order valence-electron chi connectivity index (χ1n) is 6.42. The Morgan fingerprint density at radius 3 is 2.50 bits per heavy atom. The number of nitrogens with one attached hydrogen (secondary N) is 1. The quantitative estimate of drug-likeness (QED) is 0.869. The molecule has 0 bridgehead atoms. The van der Waals surface area contributed by atoms with Crippen LogP contribution in [0.1, 0.15) is 11.7 Å². The van der Waals surface area contributed by atoms with E-state index in [9.17, 15) is 0 Å². The maximum atomic E-state index is 5.86. The maximum absolute atomic E-state index is 5.86. The molecule has 1 aliphatic rings. The molecule has 0 amide bonds. The third-order valence-electron chi connectivity index (χ3n) is 3.32. The number of hydrogen-bond acceptors (Lipinski definition) is 2. The SMILES string of the molecule is c1ccc(-c2ccccc2C2CNCCO2)cc1. The lowest BCUT2D eigenvalue weighted by Crippen LogP contribution is -2.33. The average Bonchev–Trinajstić information content (AvgIpc) is 2.49. The van der Waals surface area contributed by atoms with Gasteiger partial charge in [-0.25, -0.2) is 0 Å². The minimum Gasteiger partial charge on any atom is -0.371 e. The molecule has 0 aliphatic carbocycles. The summed E-state index contributed by atoms with van der Waals surface area (Å²) in [7, 11) is 0. The van der Waals surface area contributed by atoms with Crippen LogP contribution >= 0.6 is 0 Å². The molecule has 0 radical (unpaired) electrons. The van der Waals surface area contributed by atoms with Gasteiger partial charge in [0.25, 0.3) is 0 Å². The third-order valence-corrected chi connectivity index (χ3v) is 3.32. The van der Waals surface area contributed by atoms with E-state index in [2.05, 4.69) is 53.8 Å². The van der Waals surface area contributed by atoms with Crippen molar-refractivity contribution in [3.05, 3.63) is 60.2 Å². The fourth-order valence-electron chi connectivity index (χ4n) is 2.42. The summed E-state index contributed by atoms with van der Waals surface area (Å²) < 4.78 is 5.86. The summed E-state index contributed by atoms with van der Waals surface area (Å²) in [5.74, 6) is 0. The Morgan fingerprint density at radius 2 is 1.72 bits per heavy atom. The molecule has 2 aromatic carbocycles. The summed E-state index contributed by atoms with van der Waals surface area (Å²) in [6.07, 6.45) is 0.162. The summed E-state index contributed by atoms with van der Waals surface area (Å²) >= 11 is 0. The lowest BCUT2D eigenvalue weighted by atomic mass is 9.96. The molecule has 0 aromatic heterocycles. The Kier molecular flexibility index (Phi) is 3.40. The molecular weight excluding hydrogens is 222 g/mol. The fourth-order valence-corrected chi connectivity index (χ4v) is 2.42. The lowest BCUT2D eigenvalue weighted by molar-refractivity contribution is 0.0280. The van der Waals surface area contributed by atoms with E-state index in [0.717, 1.165) is 19.7 Å². The van der Waals surface area contributed by atoms with Gasteiger partial charge in [-0.3, -0.25) is 0 Å². The predicted molar refractivity (Wildman–Crippen MR) is 73.4 cm³/mol. The highest BCUT2D eigenvalue weighted by atomic mass is 16.5. The van der Waals surface area contributed by atoms with Crippen LogP contribution in [0.4, 0.5) is 0 Å². The zero-order valence-corrected chi connectivity index (χ0v) is 10.3. The molecule has 1 saturated heterocycles. The molecule has 18 heavy (non-hydrogen) atoms. The molecule has 3 rings (SSSR count). The molecule has 1 aliphatic heterocycles. The summed E-state index contributed by atoms with van der Waals surface area (Å²) in [6.45, 7) is 2.63. The minimum absolute atomic E-state index is 0.162. The Balaban J connectivity index is 1.99. The largest absolute Gasteiger partial charge is 0.371 e. The maximum Gasteiger partial charge on any atom is 0.0955 e. The van der Waals surface area contributed by atoms with E-state index >= 15 is 0 Å². The highest BCUT2D eigenvalue weighted by molar-refractivity contribution is 5.67. The first-order chi connectivity index (χ1) is 8.95. The van der Waals surface area contributed by atoms with Crippen LogP contribution in [-0.2, 0) is 4.74 Å². The Morgan fingerprint density at radius 1 is 0.944 bits per heavy atom. The smallest absolute Gasteiger partial charge is 0.0955 e. The molecule has 92 valence electrons. The first-order valence-corrected chi connectivity index (χ1v) is 6.42. The number of hydrogen-bond donors (Lipinski definition) is 1. The van der Waals surface area contributed by atoms with Crippen LogP contribution in [0.15, 0.2) is 54.6 Å². The van der Waals surface area contributed by atoms with Gasteiger partial charge in [-0.15, -0.1) is 0 Å². The van der Waals surface area contributed by atoms with Crippen molar-refractivity contribution in [2.75, 3.05) is 19.7 Å². The summed E-state index contributed by atoms with van der Waals surface area (Å²) in [4.78, 5) is 0. The van der Waals surface area contributed by atoms with Gasteiger partial charge in [0.2, 0.25) is 0 Å². The molecule has 1 atom stereocenters. The standard InChI is InChI=1S/C16H17NO/c1-2-6-13(7-3-1)14-8-4-5-9-15(14)16-12-17-10-11-18-16/h1-9,16-17H,10-12H2. The van der Waals surface area contributed by atoms with Crippen LogP contribution in [0.3, 0.4) is 0 Å². The zero-order valence-electron chi connectivity index (χ0n) is 10.3. The van der Waals surface area contributed by atoms with Crippen LogP contribution in [-0.4, -0.2) is 19.7 Å². The summed E-state index contributed by atoms with van der Waals surface area (Å²) in [5, 5.41) is 3.39. The molecule has 1 heterocycles. The van der Waals surface area contributed by atoms with Crippen LogP contribution < -0.4 is 5.32 Å². The van der Waals surface area contributed by atoms with Crippen LogP contribution in [0.25, 0.3) is 11.1 Å². The van der Waals surface area contributed by atoms with E-state index in [0.29, 0.717) is 0 Å². The number of ether oxygens (including phenoxy) is 1. The van der Waals surface area contributed by atoms with Gasteiger partial charge in [0, 0.05) is 13.1 Å². The van der Waals surface area contributed by atoms with Gasteiger partial charge in [-0.05, 0) is 16.7 Å². The Hall–Kier alpha value is -1.64. The highest BCUT2D eigenvalue weighted by Gasteiger charge is 2.18. The van der Waals surface area contributed by atoms with E-state index in [1.807, 2.05) is 6.07 Å². The Labute approximate surface area is 108 Å². The molecule has 2 aromatic rings. The minimum atomic E-state index is 0.162. The van der Waals surface area contributed by atoms with Crippen LogP contribution in [0, 0.1) is 0 Å². The van der Waals surface area contributed by atoms with E-state index < -0.39 is 0 Å². The van der Waals surface area contributed by atoms with Crippen molar-refractivity contribution in [2.24, 2.45) is 0 Å². The second-order valence-electron chi connectivity index (χ2n) is 4.52. The molecule has 1 N–H and O–H groups in total. The van der Waals surface area contributed by atoms with Crippen molar-refractivity contribution in [3.8, 4) is 11.1 Å². The van der Waals surface area contributed by atoms with Crippen LogP contribution in [0.5, 0.6) is 0 Å².